The van der Waals surface area contributed by atoms with Crippen LogP contribution in [-0.2, 0) is 4.79 Å². The lowest BCUT2D eigenvalue weighted by Gasteiger charge is -1.86. The number of hydrogen-bond donors (Lipinski definition) is 2. The second-order valence-corrected chi connectivity index (χ2v) is 0.986. The number of amides is 2. The fraction of sp³-hybridized carbons (Fsp3) is 0.333. The lowest BCUT2D eigenvalue weighted by molar-refractivity contribution is -0.118. The summed E-state index contributed by atoms with van der Waals surface area (Å²) in [7, 11) is 0. The van der Waals surface area contributed by atoms with Gasteiger partial charge in [-0.3, -0.25) is 10.1 Å². The van der Waals surface area contributed by atoms with E-state index in [1.54, 1.807) is 5.32 Å². The maximum Gasteiger partial charge on any atom is 0.411 e. The molecular formula is C3H5NO3. The molecule has 0 aromatic heterocycles. The number of hydrogen-bond acceptors (Lipinski definition) is 2. The molecule has 2 amide bonds. The highest BCUT2D eigenvalue weighted by molar-refractivity contribution is 5.89. The molecule has 0 rings (SSSR count). The minimum absolute atomic E-state index is 0.562. The zero-order chi connectivity index (χ0) is 5.86. The van der Waals surface area contributed by atoms with E-state index in [-0.39, 0.29) is 0 Å². The molecule has 0 radical (unpaired) electrons. The lowest BCUT2D eigenvalue weighted by atomic mass is 10.7. The van der Waals surface area contributed by atoms with Gasteiger partial charge in [0.2, 0.25) is 5.91 Å². The summed E-state index contributed by atoms with van der Waals surface area (Å²) < 4.78 is 0. The van der Waals surface area contributed by atoms with Crippen molar-refractivity contribution >= 4 is 12.0 Å². The van der Waals surface area contributed by atoms with Gasteiger partial charge in [-0.25, -0.2) is 4.79 Å². The van der Waals surface area contributed by atoms with Crippen LogP contribution in [0, 0.1) is 0 Å². The molecule has 0 bridgehead atoms. The summed E-state index contributed by atoms with van der Waals surface area (Å²) in [6.45, 7) is 1.13. The van der Waals surface area contributed by atoms with Gasteiger partial charge in [0.15, 0.2) is 0 Å². The first-order valence-corrected chi connectivity index (χ1v) is 1.63. The maximum atomic E-state index is 9.76. The van der Waals surface area contributed by atoms with Gasteiger partial charge in [0, 0.05) is 6.92 Å². The van der Waals surface area contributed by atoms with E-state index in [1.165, 1.54) is 0 Å². The fourth-order valence-electron chi connectivity index (χ4n) is 0.151. The monoisotopic (exact) mass is 103 g/mol. The lowest BCUT2D eigenvalue weighted by Crippen LogP contribution is -2.25. The van der Waals surface area contributed by atoms with Gasteiger partial charge < -0.3 is 5.11 Å². The zero-order valence-electron chi connectivity index (χ0n) is 3.76. The molecule has 0 saturated heterocycles. The molecule has 2 N–H and O–H groups in total. The van der Waals surface area contributed by atoms with Gasteiger partial charge in [0.05, 0.1) is 0 Å². The first kappa shape index (κ1) is 5.94. The van der Waals surface area contributed by atoms with Crippen molar-refractivity contribution in [3.63, 3.8) is 0 Å². The van der Waals surface area contributed by atoms with E-state index in [1.807, 2.05) is 0 Å². The Morgan fingerprint density at radius 1 is 1.57 bits per heavy atom. The summed E-state index contributed by atoms with van der Waals surface area (Å²) in [5.74, 6) is -0.562. The van der Waals surface area contributed by atoms with Crippen LogP contribution < -0.4 is 5.32 Å². The molecule has 0 aliphatic carbocycles. The predicted octanol–water partition coefficient (Wildman–Crippen LogP) is -0.199. The SMILES string of the molecule is CC(=O)NC(=O)O. The highest BCUT2D eigenvalue weighted by Gasteiger charge is 1.93. The summed E-state index contributed by atoms with van der Waals surface area (Å²) in [4.78, 5) is 19.2. The van der Waals surface area contributed by atoms with E-state index >= 15 is 0 Å². The molecule has 0 unspecified atom stereocenters. The van der Waals surface area contributed by atoms with E-state index in [0.717, 1.165) is 6.92 Å². The molecule has 7 heavy (non-hydrogen) atoms. The van der Waals surface area contributed by atoms with Crippen LogP contribution in [0.5, 0.6) is 0 Å². The van der Waals surface area contributed by atoms with Gasteiger partial charge in [0.1, 0.15) is 0 Å². The third-order valence-electron chi connectivity index (χ3n) is 0.283. The molecular weight excluding hydrogens is 98.0 g/mol. The van der Waals surface area contributed by atoms with Crippen LogP contribution in [0.1, 0.15) is 6.92 Å². The molecule has 0 aromatic carbocycles. The minimum atomic E-state index is -1.31. The topological polar surface area (TPSA) is 66.4 Å². The minimum Gasteiger partial charge on any atom is -0.465 e. The maximum absolute atomic E-state index is 9.76. The quantitative estimate of drug-likeness (QED) is 0.446. The molecule has 4 nitrogen and oxygen atoms in total. The van der Waals surface area contributed by atoms with E-state index in [2.05, 4.69) is 0 Å². The first-order valence-electron chi connectivity index (χ1n) is 1.63. The molecule has 0 spiro atoms. The van der Waals surface area contributed by atoms with Gasteiger partial charge in [-0.15, -0.1) is 0 Å². The third-order valence-corrected chi connectivity index (χ3v) is 0.283. The summed E-state index contributed by atoms with van der Waals surface area (Å²) in [6, 6.07) is 0. The van der Waals surface area contributed by atoms with Crippen LogP contribution in [0.2, 0.25) is 0 Å². The van der Waals surface area contributed by atoms with Crippen molar-refractivity contribution in [3.8, 4) is 0 Å². The molecule has 0 aliphatic rings. The van der Waals surface area contributed by atoms with E-state index < -0.39 is 12.0 Å². The smallest absolute Gasteiger partial charge is 0.411 e. The second kappa shape index (κ2) is 2.17. The van der Waals surface area contributed by atoms with Crippen molar-refractivity contribution in [2.75, 3.05) is 0 Å². The molecule has 0 saturated carbocycles. The van der Waals surface area contributed by atoms with Crippen LogP contribution in [0.4, 0.5) is 4.79 Å². The molecule has 0 aliphatic heterocycles. The Bertz CT molecular complexity index is 86.4. The van der Waals surface area contributed by atoms with Crippen molar-refractivity contribution in [2.45, 2.75) is 6.92 Å². The molecule has 0 heterocycles. The van der Waals surface area contributed by atoms with Crippen molar-refractivity contribution in [2.24, 2.45) is 0 Å². The number of carbonyl (C=O) groups excluding carboxylic acids is 1. The largest absolute Gasteiger partial charge is 0.465 e. The predicted molar refractivity (Wildman–Crippen MR) is 21.8 cm³/mol. The van der Waals surface area contributed by atoms with E-state index in [0.29, 0.717) is 0 Å². The van der Waals surface area contributed by atoms with Gasteiger partial charge in [-0.2, -0.15) is 0 Å². The van der Waals surface area contributed by atoms with Crippen molar-refractivity contribution in [1.82, 2.24) is 5.32 Å². The average molecular weight is 103 g/mol. The Labute approximate surface area is 40.1 Å². The Balaban J connectivity index is 3.32. The second-order valence-electron chi connectivity index (χ2n) is 0.986. The van der Waals surface area contributed by atoms with Crippen LogP contribution in [0.25, 0.3) is 0 Å². The number of rotatable bonds is 0. The number of carboxylic acid groups (broad SMARTS) is 1. The van der Waals surface area contributed by atoms with Crippen LogP contribution >= 0.6 is 0 Å². The molecule has 0 aromatic rings. The summed E-state index contributed by atoms with van der Waals surface area (Å²) in [6.07, 6.45) is -1.31. The van der Waals surface area contributed by atoms with Crippen LogP contribution in [0.15, 0.2) is 0 Å². The zero-order valence-corrected chi connectivity index (χ0v) is 3.76. The number of nitrogens with one attached hydrogen (secondary N) is 1. The highest BCUT2D eigenvalue weighted by atomic mass is 16.4. The standard InChI is InChI=1S/C3H5NO3/c1-2(5)4-3(6)7/h1H3,(H,4,5)(H,6,7). The first-order chi connectivity index (χ1) is 3.13. The van der Waals surface area contributed by atoms with Crippen LogP contribution in [-0.4, -0.2) is 17.1 Å². The van der Waals surface area contributed by atoms with Gasteiger partial charge >= 0.3 is 6.09 Å². The Morgan fingerprint density at radius 3 is 2.00 bits per heavy atom. The fourth-order valence-corrected chi connectivity index (χ4v) is 0.151. The van der Waals surface area contributed by atoms with Crippen molar-refractivity contribution in [3.05, 3.63) is 0 Å². The van der Waals surface area contributed by atoms with Gasteiger partial charge in [-0.1, -0.05) is 0 Å². The molecule has 0 fully saturated rings. The molecule has 0 atom stereocenters. The number of imide groups is 1. The normalized spacial score (nSPS) is 7.57. The van der Waals surface area contributed by atoms with Gasteiger partial charge in [0.25, 0.3) is 0 Å². The van der Waals surface area contributed by atoms with Gasteiger partial charge in [-0.05, 0) is 0 Å². The van der Waals surface area contributed by atoms with Crippen LogP contribution in [0.3, 0.4) is 0 Å². The highest BCUT2D eigenvalue weighted by Crippen LogP contribution is 1.59. The van der Waals surface area contributed by atoms with Crippen molar-refractivity contribution in [1.29, 1.82) is 0 Å². The summed E-state index contributed by atoms with van der Waals surface area (Å²) >= 11 is 0. The Morgan fingerprint density at radius 2 is 2.00 bits per heavy atom. The molecule has 4 heteroatoms. The summed E-state index contributed by atoms with van der Waals surface area (Å²) in [5, 5.41) is 9.34. The Kier molecular flexibility index (Phi) is 1.84. The van der Waals surface area contributed by atoms with E-state index in [9.17, 15) is 9.59 Å². The number of carbonyl (C=O) groups is 2. The van der Waals surface area contributed by atoms with Crippen molar-refractivity contribution < 1.29 is 14.7 Å². The summed E-state index contributed by atoms with van der Waals surface area (Å²) in [5.41, 5.74) is 0. The van der Waals surface area contributed by atoms with E-state index in [4.69, 9.17) is 5.11 Å². The third kappa shape index (κ3) is 4.94. The Hall–Kier alpha value is -1.06. The molecule has 40 valence electrons. The average Bonchev–Trinajstić information content (AvgIpc) is 1.27.